The highest BCUT2D eigenvalue weighted by Gasteiger charge is 2.22. The lowest BCUT2D eigenvalue weighted by molar-refractivity contribution is -0.385. The Morgan fingerprint density at radius 3 is 1.58 bits per heavy atom. The number of ether oxygens (including phenoxy) is 2. The number of unbranched alkanes of at least 4 members (excludes halogenated alkanes) is 16. The molecule has 7 rings (SSSR count). The number of carbonyl (C=O) groups is 5. The molecule has 81 heavy (non-hydrogen) atoms. The van der Waals surface area contributed by atoms with Crippen LogP contribution in [0.3, 0.4) is 0 Å². The molecule has 0 atom stereocenters. The Hall–Kier alpha value is -8.67. The van der Waals surface area contributed by atoms with E-state index in [0.717, 1.165) is 59.9 Å². The third kappa shape index (κ3) is 23.3. The summed E-state index contributed by atoms with van der Waals surface area (Å²) in [6.45, 7) is 2.27. The molecular formula is C63H77N5O13. The van der Waals surface area contributed by atoms with Crippen molar-refractivity contribution in [3.05, 3.63) is 160 Å². The summed E-state index contributed by atoms with van der Waals surface area (Å²) < 4.78 is 11.8. The second-order valence-corrected chi connectivity index (χ2v) is 19.3. The van der Waals surface area contributed by atoms with E-state index in [1.54, 1.807) is 61.2 Å². The van der Waals surface area contributed by atoms with E-state index in [4.69, 9.17) is 24.8 Å². The molecule has 0 spiro atoms. The summed E-state index contributed by atoms with van der Waals surface area (Å²) in [6.07, 6.45) is 28.5. The van der Waals surface area contributed by atoms with Crippen LogP contribution in [0.25, 0.3) is 33.5 Å². The van der Waals surface area contributed by atoms with Gasteiger partial charge in [-0.05, 0) is 78.4 Å². The minimum absolute atomic E-state index is 0.191. The lowest BCUT2D eigenvalue weighted by atomic mass is 9.97. The van der Waals surface area contributed by atoms with Crippen molar-refractivity contribution in [2.75, 3.05) is 14.2 Å². The molecule has 0 radical (unpaired) electrons. The number of fused-ring (bicyclic) bond motifs is 2. The number of carboxylic acid groups (broad SMARTS) is 4. The van der Waals surface area contributed by atoms with Gasteiger partial charge in [0.05, 0.1) is 36.5 Å². The topological polar surface area (TPSA) is 274 Å². The summed E-state index contributed by atoms with van der Waals surface area (Å²) in [6, 6.07) is 31.6. The average molecular weight is 1110 g/mol. The van der Waals surface area contributed by atoms with Crippen LogP contribution in [0.1, 0.15) is 174 Å². The fraction of sp³-hybridized carbons (Fsp3) is 0.381. The number of methoxy groups -OCH3 is 2. The number of hydrogen-bond acceptors (Lipinski definition) is 11. The first-order valence-electron chi connectivity index (χ1n) is 27.7. The number of rotatable bonds is 31. The van der Waals surface area contributed by atoms with Crippen LogP contribution in [0.2, 0.25) is 0 Å². The summed E-state index contributed by atoms with van der Waals surface area (Å²) in [7, 11) is 3.18. The minimum atomic E-state index is -1.34. The number of carbonyl (C=O) groups excluding carboxylic acids is 1. The van der Waals surface area contributed by atoms with Gasteiger partial charge in [-0.25, -0.2) is 24.4 Å². The van der Waals surface area contributed by atoms with E-state index in [0.29, 0.717) is 46.6 Å². The number of benzene rings is 4. The first-order chi connectivity index (χ1) is 39.2. The van der Waals surface area contributed by atoms with E-state index in [2.05, 4.69) is 21.9 Å². The number of pyridine rings is 1. The molecule has 0 aliphatic rings. The largest absolute Gasteiger partial charge is 0.497 e. The van der Waals surface area contributed by atoms with Crippen molar-refractivity contribution in [3.63, 3.8) is 0 Å². The molecule has 432 valence electrons. The Morgan fingerprint density at radius 1 is 0.617 bits per heavy atom. The first-order valence-corrected chi connectivity index (χ1v) is 27.7. The second kappa shape index (κ2) is 36.5. The normalized spacial score (nSPS) is 10.5. The van der Waals surface area contributed by atoms with Gasteiger partial charge in [0.1, 0.15) is 34.2 Å². The smallest absolute Gasteiger partial charge is 0.355 e. The van der Waals surface area contributed by atoms with Crippen LogP contribution in [0.15, 0.2) is 128 Å². The van der Waals surface area contributed by atoms with Crippen molar-refractivity contribution in [2.24, 2.45) is 0 Å². The van der Waals surface area contributed by atoms with Gasteiger partial charge in [0.2, 0.25) is 0 Å². The van der Waals surface area contributed by atoms with E-state index in [-0.39, 0.29) is 17.7 Å². The molecule has 7 aromatic rings. The monoisotopic (exact) mass is 1110 g/mol. The number of aromatic carboxylic acids is 2. The van der Waals surface area contributed by atoms with Gasteiger partial charge in [0.25, 0.3) is 5.69 Å². The number of aromatic nitrogens is 4. The zero-order chi connectivity index (χ0) is 58.8. The maximum Gasteiger partial charge on any atom is 0.355 e. The highest BCUT2D eigenvalue weighted by Crippen LogP contribution is 2.28. The number of H-pyrrole nitrogens is 1. The summed E-state index contributed by atoms with van der Waals surface area (Å²) >= 11 is 0. The molecule has 0 aliphatic heterocycles. The van der Waals surface area contributed by atoms with E-state index in [9.17, 15) is 39.2 Å². The van der Waals surface area contributed by atoms with Crippen molar-refractivity contribution in [1.82, 2.24) is 19.4 Å². The fourth-order valence-electron chi connectivity index (χ4n) is 8.88. The number of ketones is 1. The highest BCUT2D eigenvalue weighted by atomic mass is 16.6. The quantitative estimate of drug-likeness (QED) is 0.0117. The van der Waals surface area contributed by atoms with Gasteiger partial charge < -0.3 is 34.9 Å². The Labute approximate surface area is 473 Å². The second-order valence-electron chi connectivity index (χ2n) is 19.3. The number of Topliss-reactive ketones (excluding diaryl/α,β-unsaturated/α-hetero) is 1. The maximum absolute atomic E-state index is 11.8. The molecule has 3 aromatic heterocycles. The van der Waals surface area contributed by atoms with Crippen LogP contribution in [0, 0.1) is 10.1 Å². The molecule has 0 aliphatic carbocycles. The Kier molecular flexibility index (Phi) is 29.2. The van der Waals surface area contributed by atoms with Crippen molar-refractivity contribution >= 4 is 57.6 Å². The predicted molar refractivity (Wildman–Crippen MR) is 313 cm³/mol. The fourth-order valence-corrected chi connectivity index (χ4v) is 8.88. The zero-order valence-corrected chi connectivity index (χ0v) is 46.7. The Balaban J connectivity index is 0.000000237. The van der Waals surface area contributed by atoms with Crippen LogP contribution in [-0.2, 0) is 14.4 Å². The number of carboxylic acids is 4. The molecule has 0 saturated heterocycles. The number of aromatic amines is 1. The van der Waals surface area contributed by atoms with Crippen LogP contribution in [-0.4, -0.2) is 88.6 Å². The van der Waals surface area contributed by atoms with Gasteiger partial charge in [0.15, 0.2) is 5.69 Å². The van der Waals surface area contributed by atoms with Crippen molar-refractivity contribution in [1.29, 1.82) is 0 Å². The molecule has 5 N–H and O–H groups in total. The lowest BCUT2D eigenvalue weighted by Gasteiger charge is -2.09. The summed E-state index contributed by atoms with van der Waals surface area (Å²) in [5, 5.41) is 46.4. The first kappa shape index (κ1) is 64.9. The minimum Gasteiger partial charge on any atom is -0.497 e. The van der Waals surface area contributed by atoms with Crippen LogP contribution in [0.5, 0.6) is 11.5 Å². The van der Waals surface area contributed by atoms with Crippen molar-refractivity contribution < 1.29 is 58.8 Å². The average Bonchev–Trinajstić information content (AvgIpc) is 4.35. The zero-order valence-electron chi connectivity index (χ0n) is 46.7. The number of hydrogen-bond donors (Lipinski definition) is 5. The maximum atomic E-state index is 11.8. The summed E-state index contributed by atoms with van der Waals surface area (Å²) in [5.41, 5.74) is 4.39. The number of nitro benzene ring substituents is 1. The van der Waals surface area contributed by atoms with Crippen molar-refractivity contribution in [3.8, 4) is 22.8 Å². The van der Waals surface area contributed by atoms with E-state index in [1.165, 1.54) is 108 Å². The predicted octanol–water partition coefficient (Wildman–Crippen LogP) is 14.9. The molecule has 3 heterocycles. The van der Waals surface area contributed by atoms with Crippen LogP contribution < -0.4 is 9.47 Å². The van der Waals surface area contributed by atoms with Gasteiger partial charge >= 0.3 is 23.9 Å². The summed E-state index contributed by atoms with van der Waals surface area (Å²) in [4.78, 5) is 76.1. The molecule has 0 bridgehead atoms. The lowest BCUT2D eigenvalue weighted by Crippen LogP contribution is -2.03. The SMILES string of the molecule is CCCCCCCCCCCCCCCCCC(=O)CCCCCC(=O)O.COc1ccc(C(=CC(=O)O)c2ccc(OC)cc2)cc1.O=C(O)c1c(-c2ccccc2)nc2ccccn12.O=C(O)c1cc2nc[nH]c2cc1[N+](=O)[O-]. The van der Waals surface area contributed by atoms with Gasteiger partial charge in [-0.3, -0.25) is 24.1 Å². The number of nitrogens with one attached hydrogen (secondary N) is 1. The molecule has 0 unspecified atom stereocenters. The summed E-state index contributed by atoms with van der Waals surface area (Å²) in [5.74, 6) is -2.23. The molecular weight excluding hydrogens is 1030 g/mol. The third-order valence-corrected chi connectivity index (χ3v) is 13.2. The molecule has 0 saturated carbocycles. The van der Waals surface area contributed by atoms with Gasteiger partial charge in [-0.15, -0.1) is 0 Å². The number of imidazole rings is 2. The molecule has 18 nitrogen and oxygen atoms in total. The van der Waals surface area contributed by atoms with Crippen LogP contribution in [0.4, 0.5) is 5.69 Å². The van der Waals surface area contributed by atoms with E-state index in [1.807, 2.05) is 60.7 Å². The third-order valence-electron chi connectivity index (χ3n) is 13.2. The van der Waals surface area contributed by atoms with E-state index < -0.39 is 34.5 Å². The molecule has 0 fully saturated rings. The number of aliphatic carboxylic acids is 2. The Bertz CT molecular complexity index is 2980. The highest BCUT2D eigenvalue weighted by molar-refractivity contribution is 5.98. The van der Waals surface area contributed by atoms with Crippen molar-refractivity contribution in [2.45, 2.75) is 142 Å². The van der Waals surface area contributed by atoms with Gasteiger partial charge in [-0.2, -0.15) is 0 Å². The van der Waals surface area contributed by atoms with E-state index >= 15 is 0 Å². The van der Waals surface area contributed by atoms with Gasteiger partial charge in [-0.1, -0.05) is 164 Å². The molecule has 0 amide bonds. The Morgan fingerprint density at radius 2 is 1.11 bits per heavy atom. The molecule has 18 heteroatoms. The number of nitrogens with zero attached hydrogens (tertiary/aromatic N) is 4. The number of nitro groups is 1. The molecule has 4 aromatic carbocycles. The van der Waals surface area contributed by atoms with Crippen LogP contribution >= 0.6 is 0 Å². The standard InChI is InChI=1S/C24H46O3.C17H16O4.C14H10N2O2.C8H5N3O4/c1-2-3-4-5-6-7-8-9-10-11-12-13-14-15-17-20-23(25)21-18-16-19-22-24(26)27;1-20-14-7-3-12(4-8-14)16(11-17(18)19)13-5-9-15(21-2)10-6-13;17-14(18)13-12(10-6-2-1-3-7-10)15-11-8-4-5-9-16(11)13;12-8(13)4-1-5-6(10-3-9-5)2-7(4)11(14)15/h2-22H2,1H3,(H,26,27);3-11H,1-2H3,(H,18,19);1-9H,(H,17,18);1-3H,(H,9,10)(H,12,13). The van der Waals surface area contributed by atoms with Gasteiger partial charge in [0, 0.05) is 43.2 Å².